The summed E-state index contributed by atoms with van der Waals surface area (Å²) >= 11 is 0. The third-order valence-corrected chi connectivity index (χ3v) is 2.53. The summed E-state index contributed by atoms with van der Waals surface area (Å²) in [4.78, 5) is 22.1. The van der Waals surface area contributed by atoms with Gasteiger partial charge in [0.15, 0.2) is 0 Å². The highest BCUT2D eigenvalue weighted by Gasteiger charge is 2.04. The molecule has 0 radical (unpaired) electrons. The van der Waals surface area contributed by atoms with Crippen molar-refractivity contribution in [3.8, 4) is 5.75 Å². The van der Waals surface area contributed by atoms with Crippen LogP contribution in [0.15, 0.2) is 60.7 Å². The maximum Gasteiger partial charge on any atom is 0.417 e. The second kappa shape index (κ2) is 6.91. The first-order valence-electron chi connectivity index (χ1n) is 6.18. The maximum absolute atomic E-state index is 11.7. The Labute approximate surface area is 121 Å². The monoisotopic (exact) mass is 283 g/mol. The van der Waals surface area contributed by atoms with Crippen LogP contribution in [0, 0.1) is 0 Å². The van der Waals surface area contributed by atoms with Crippen molar-refractivity contribution < 1.29 is 19.4 Å². The van der Waals surface area contributed by atoms with Crippen LogP contribution in [0.5, 0.6) is 5.75 Å². The van der Waals surface area contributed by atoms with E-state index in [9.17, 15) is 9.59 Å². The van der Waals surface area contributed by atoms with Gasteiger partial charge in [-0.15, -0.1) is 0 Å². The number of para-hydroxylation sites is 1. The second-order valence-electron chi connectivity index (χ2n) is 4.12. The van der Waals surface area contributed by atoms with Gasteiger partial charge in [-0.25, -0.2) is 9.59 Å². The summed E-state index contributed by atoms with van der Waals surface area (Å²) in [6.07, 6.45) is 1.93. The normalized spacial score (nSPS) is 10.3. The fraction of sp³-hybridized carbons (Fsp3) is 0. The lowest BCUT2D eigenvalue weighted by Crippen LogP contribution is -2.16. The van der Waals surface area contributed by atoms with Crippen LogP contribution in [0.2, 0.25) is 0 Å². The number of hydrogen-bond acceptors (Lipinski definition) is 3. The summed E-state index contributed by atoms with van der Waals surface area (Å²) in [5, 5.41) is 11.1. The minimum absolute atomic E-state index is 0.455. The Bertz CT molecular complexity index is 648. The van der Waals surface area contributed by atoms with E-state index < -0.39 is 12.1 Å². The van der Waals surface area contributed by atoms with Crippen molar-refractivity contribution in [2.45, 2.75) is 0 Å². The van der Waals surface area contributed by atoms with Crippen molar-refractivity contribution in [2.24, 2.45) is 0 Å². The number of nitrogens with one attached hydrogen (secondary N) is 1. The van der Waals surface area contributed by atoms with E-state index in [4.69, 9.17) is 9.84 Å². The second-order valence-corrected chi connectivity index (χ2v) is 4.12. The van der Waals surface area contributed by atoms with Crippen LogP contribution in [-0.4, -0.2) is 17.2 Å². The molecule has 2 N–H and O–H groups in total. The van der Waals surface area contributed by atoms with Crippen LogP contribution in [-0.2, 0) is 4.79 Å². The molecule has 0 saturated heterocycles. The lowest BCUT2D eigenvalue weighted by Gasteiger charge is -2.06. The van der Waals surface area contributed by atoms with Crippen molar-refractivity contribution >= 4 is 23.8 Å². The standard InChI is InChI=1S/C16H13NO4/c18-15(19)11-8-12-6-9-13(10-7-12)17-16(20)21-14-4-2-1-3-5-14/h1-11H,(H,17,20)(H,18,19)/b11-8+. The van der Waals surface area contributed by atoms with Crippen LogP contribution in [0.25, 0.3) is 6.08 Å². The molecule has 0 bridgehead atoms. The van der Waals surface area contributed by atoms with Crippen molar-refractivity contribution in [1.29, 1.82) is 0 Å². The molecule has 0 fully saturated rings. The Hall–Kier alpha value is -3.08. The molecule has 21 heavy (non-hydrogen) atoms. The maximum atomic E-state index is 11.7. The fourth-order valence-electron chi connectivity index (χ4n) is 1.58. The number of rotatable bonds is 4. The predicted octanol–water partition coefficient (Wildman–Crippen LogP) is 3.40. The largest absolute Gasteiger partial charge is 0.478 e. The number of anilines is 1. The Morgan fingerprint density at radius 3 is 2.29 bits per heavy atom. The number of carboxylic acid groups (broad SMARTS) is 1. The quantitative estimate of drug-likeness (QED) is 0.843. The molecule has 0 aliphatic carbocycles. The molecule has 1 amide bonds. The molecule has 0 aromatic heterocycles. The molecule has 5 nitrogen and oxygen atoms in total. The number of benzene rings is 2. The predicted molar refractivity (Wildman–Crippen MR) is 79.2 cm³/mol. The lowest BCUT2D eigenvalue weighted by atomic mass is 10.2. The first-order chi connectivity index (χ1) is 10.1. The van der Waals surface area contributed by atoms with E-state index in [0.29, 0.717) is 11.4 Å². The molecule has 0 saturated carbocycles. The molecular formula is C16H13NO4. The van der Waals surface area contributed by atoms with Gasteiger partial charge in [0.1, 0.15) is 5.75 Å². The minimum Gasteiger partial charge on any atom is -0.478 e. The molecule has 0 unspecified atom stereocenters. The lowest BCUT2D eigenvalue weighted by molar-refractivity contribution is -0.131. The zero-order valence-electron chi connectivity index (χ0n) is 11.0. The number of amides is 1. The number of hydrogen-bond donors (Lipinski definition) is 2. The van der Waals surface area contributed by atoms with Crippen molar-refractivity contribution in [1.82, 2.24) is 0 Å². The van der Waals surface area contributed by atoms with Gasteiger partial charge >= 0.3 is 12.1 Å². The SMILES string of the molecule is O=C(O)/C=C/c1ccc(NC(=O)Oc2ccccc2)cc1. The van der Waals surface area contributed by atoms with E-state index >= 15 is 0 Å². The molecule has 0 spiro atoms. The topological polar surface area (TPSA) is 75.6 Å². The van der Waals surface area contributed by atoms with Crippen molar-refractivity contribution in [2.75, 3.05) is 5.32 Å². The molecular weight excluding hydrogens is 270 g/mol. The summed E-state index contributed by atoms with van der Waals surface area (Å²) in [5.41, 5.74) is 1.28. The average molecular weight is 283 g/mol. The molecule has 0 aliphatic rings. The van der Waals surface area contributed by atoms with Crippen LogP contribution in [0.4, 0.5) is 10.5 Å². The fourth-order valence-corrected chi connectivity index (χ4v) is 1.58. The molecule has 0 heterocycles. The van der Waals surface area contributed by atoms with E-state index in [1.165, 1.54) is 6.08 Å². The number of ether oxygens (including phenoxy) is 1. The Balaban J connectivity index is 1.94. The van der Waals surface area contributed by atoms with Crippen LogP contribution >= 0.6 is 0 Å². The first kappa shape index (κ1) is 14.3. The number of carbonyl (C=O) groups excluding carboxylic acids is 1. The molecule has 2 aromatic rings. The van der Waals surface area contributed by atoms with Crippen LogP contribution in [0.3, 0.4) is 0 Å². The van der Waals surface area contributed by atoms with E-state index in [1.54, 1.807) is 48.5 Å². The summed E-state index contributed by atoms with van der Waals surface area (Å²) in [6.45, 7) is 0. The van der Waals surface area contributed by atoms with Gasteiger partial charge in [-0.05, 0) is 35.9 Å². The Kier molecular flexibility index (Phi) is 4.71. The smallest absolute Gasteiger partial charge is 0.417 e. The summed E-state index contributed by atoms with van der Waals surface area (Å²) in [5.74, 6) is -0.556. The van der Waals surface area contributed by atoms with Crippen LogP contribution in [0.1, 0.15) is 5.56 Å². The van der Waals surface area contributed by atoms with Crippen LogP contribution < -0.4 is 10.1 Å². The molecule has 2 rings (SSSR count). The number of carbonyl (C=O) groups is 2. The zero-order chi connectivity index (χ0) is 15.1. The highest BCUT2D eigenvalue weighted by molar-refractivity contribution is 5.87. The van der Waals surface area contributed by atoms with Gasteiger partial charge < -0.3 is 9.84 Å². The van der Waals surface area contributed by atoms with E-state index in [-0.39, 0.29) is 0 Å². The molecule has 5 heteroatoms. The summed E-state index contributed by atoms with van der Waals surface area (Å²) in [7, 11) is 0. The third-order valence-electron chi connectivity index (χ3n) is 2.53. The summed E-state index contributed by atoms with van der Waals surface area (Å²) in [6, 6.07) is 15.4. The molecule has 106 valence electrons. The Morgan fingerprint density at radius 2 is 1.67 bits per heavy atom. The third kappa shape index (κ3) is 4.83. The first-order valence-corrected chi connectivity index (χ1v) is 6.18. The summed E-state index contributed by atoms with van der Waals surface area (Å²) < 4.78 is 5.09. The Morgan fingerprint density at radius 1 is 1.00 bits per heavy atom. The van der Waals surface area contributed by atoms with Crippen molar-refractivity contribution in [3.63, 3.8) is 0 Å². The minimum atomic E-state index is -1.01. The van der Waals surface area contributed by atoms with Gasteiger partial charge in [0, 0.05) is 11.8 Å². The highest BCUT2D eigenvalue weighted by atomic mass is 16.6. The molecule has 2 aromatic carbocycles. The van der Waals surface area contributed by atoms with Gasteiger partial charge in [0.2, 0.25) is 0 Å². The molecule has 0 aliphatic heterocycles. The number of carboxylic acids is 1. The van der Waals surface area contributed by atoms with Gasteiger partial charge in [-0.2, -0.15) is 0 Å². The van der Waals surface area contributed by atoms with Gasteiger partial charge in [0.05, 0.1) is 0 Å². The van der Waals surface area contributed by atoms with E-state index in [1.807, 2.05) is 6.07 Å². The zero-order valence-corrected chi connectivity index (χ0v) is 11.0. The van der Waals surface area contributed by atoms with Crippen molar-refractivity contribution in [3.05, 3.63) is 66.2 Å². The highest BCUT2D eigenvalue weighted by Crippen LogP contribution is 2.13. The number of aliphatic carboxylic acids is 1. The van der Waals surface area contributed by atoms with Gasteiger partial charge in [0.25, 0.3) is 0 Å². The van der Waals surface area contributed by atoms with Gasteiger partial charge in [-0.1, -0.05) is 30.3 Å². The van der Waals surface area contributed by atoms with E-state index in [2.05, 4.69) is 5.32 Å². The molecule has 0 atom stereocenters. The van der Waals surface area contributed by atoms with Gasteiger partial charge in [-0.3, -0.25) is 5.32 Å². The van der Waals surface area contributed by atoms with E-state index in [0.717, 1.165) is 11.6 Å². The average Bonchev–Trinajstić information content (AvgIpc) is 2.47.